The molecule has 2 amide bonds. The van der Waals surface area contributed by atoms with Crippen molar-refractivity contribution in [3.63, 3.8) is 0 Å². The summed E-state index contributed by atoms with van der Waals surface area (Å²) in [5.74, 6) is -0.150. The van der Waals surface area contributed by atoms with Gasteiger partial charge in [0, 0.05) is 19.4 Å². The third kappa shape index (κ3) is 4.78. The number of rotatable bonds is 9. The Morgan fingerprint density at radius 3 is 2.95 bits per heavy atom. The molecule has 6 heteroatoms. The van der Waals surface area contributed by atoms with E-state index in [0.29, 0.717) is 19.4 Å². The van der Waals surface area contributed by atoms with Gasteiger partial charge in [-0.25, -0.2) is 0 Å². The van der Waals surface area contributed by atoms with E-state index in [1.165, 1.54) is 16.7 Å². The lowest BCUT2D eigenvalue weighted by Crippen LogP contribution is -2.32. The molecule has 0 spiro atoms. The van der Waals surface area contributed by atoms with Crippen molar-refractivity contribution in [1.29, 1.82) is 0 Å². The van der Waals surface area contributed by atoms with Gasteiger partial charge in [0.25, 0.3) is 0 Å². The first-order chi connectivity index (χ1) is 9.60. The highest BCUT2D eigenvalue weighted by Crippen LogP contribution is 2.23. The molecule has 0 aromatic heterocycles. The quantitative estimate of drug-likeness (QED) is 0.364. The van der Waals surface area contributed by atoms with E-state index in [2.05, 4.69) is 4.99 Å². The summed E-state index contributed by atoms with van der Waals surface area (Å²) in [6.07, 6.45) is 4.85. The smallest absolute Gasteiger partial charge is 0.242 e. The van der Waals surface area contributed by atoms with Crippen LogP contribution in [-0.4, -0.2) is 53.8 Å². The van der Waals surface area contributed by atoms with Crippen molar-refractivity contribution >= 4 is 36.1 Å². The SMILES string of the molecule is [2H]C=NCC(=O)CCCCCN1C(=O)CC(SC)C1=O. The van der Waals surface area contributed by atoms with Crippen molar-refractivity contribution in [3.8, 4) is 0 Å². The van der Waals surface area contributed by atoms with E-state index in [4.69, 9.17) is 1.37 Å². The van der Waals surface area contributed by atoms with Gasteiger partial charge in [-0.15, -0.1) is 0 Å². The van der Waals surface area contributed by atoms with Gasteiger partial charge in [0.2, 0.25) is 11.8 Å². The number of thioether (sulfide) groups is 1. The zero-order valence-electron chi connectivity index (χ0n) is 12.1. The number of unbranched alkanes of at least 4 members (excludes halogenated alkanes) is 2. The van der Waals surface area contributed by atoms with Crippen LogP contribution < -0.4 is 0 Å². The molecule has 1 aliphatic rings. The van der Waals surface area contributed by atoms with Crippen molar-refractivity contribution in [3.05, 3.63) is 0 Å². The van der Waals surface area contributed by atoms with Gasteiger partial charge in [-0.05, 0) is 25.8 Å². The average Bonchev–Trinajstić information content (AvgIpc) is 2.71. The molecule has 0 N–H and O–H groups in total. The van der Waals surface area contributed by atoms with Crippen LogP contribution in [0.5, 0.6) is 0 Å². The van der Waals surface area contributed by atoms with Crippen molar-refractivity contribution in [1.82, 2.24) is 4.90 Å². The summed E-state index contributed by atoms with van der Waals surface area (Å²) in [5, 5.41) is -0.216. The van der Waals surface area contributed by atoms with Crippen molar-refractivity contribution < 1.29 is 15.8 Å². The Kier molecular flexibility index (Phi) is 6.07. The summed E-state index contributed by atoms with van der Waals surface area (Å²) < 4.78 is 6.69. The van der Waals surface area contributed by atoms with E-state index < -0.39 is 0 Å². The number of ketones is 1. The van der Waals surface area contributed by atoms with Crippen LogP contribution in [-0.2, 0) is 14.4 Å². The molecule has 1 aliphatic heterocycles. The first-order valence-electron chi connectivity index (χ1n) is 6.93. The van der Waals surface area contributed by atoms with Gasteiger partial charge < -0.3 is 0 Å². The van der Waals surface area contributed by atoms with Crippen molar-refractivity contribution in [2.24, 2.45) is 4.99 Å². The van der Waals surface area contributed by atoms with E-state index in [0.717, 1.165) is 26.0 Å². The fourth-order valence-electron chi connectivity index (χ4n) is 2.02. The number of hydrogen-bond donors (Lipinski definition) is 0. The third-order valence-electron chi connectivity index (χ3n) is 3.09. The van der Waals surface area contributed by atoms with Crippen molar-refractivity contribution in [2.45, 2.75) is 37.4 Å². The Hall–Kier alpha value is -1.17. The fourth-order valence-corrected chi connectivity index (χ4v) is 2.66. The van der Waals surface area contributed by atoms with Gasteiger partial charge in [0.1, 0.15) is 0 Å². The zero-order chi connectivity index (χ0) is 15.0. The number of carbonyl (C=O) groups is 3. The fraction of sp³-hybridized carbons (Fsp3) is 0.692. The lowest BCUT2D eigenvalue weighted by molar-refractivity contribution is -0.138. The Morgan fingerprint density at radius 1 is 1.53 bits per heavy atom. The van der Waals surface area contributed by atoms with Crippen LogP contribution >= 0.6 is 11.8 Å². The van der Waals surface area contributed by atoms with Gasteiger partial charge in [-0.1, -0.05) is 6.42 Å². The zero-order valence-corrected chi connectivity index (χ0v) is 11.9. The molecule has 19 heavy (non-hydrogen) atoms. The number of imide groups is 1. The number of aliphatic imine (C=N–C) groups is 1. The van der Waals surface area contributed by atoms with Crippen LogP contribution in [0, 0.1) is 0 Å². The monoisotopic (exact) mass is 285 g/mol. The second-order valence-corrected chi connectivity index (χ2v) is 5.54. The van der Waals surface area contributed by atoms with Gasteiger partial charge in [0.15, 0.2) is 5.78 Å². The van der Waals surface area contributed by atoms with E-state index in [-0.39, 0.29) is 29.4 Å². The van der Waals surface area contributed by atoms with Crippen LogP contribution in [0.1, 0.15) is 33.5 Å². The van der Waals surface area contributed by atoms with E-state index >= 15 is 0 Å². The maximum Gasteiger partial charge on any atom is 0.242 e. The van der Waals surface area contributed by atoms with Gasteiger partial charge in [0.05, 0.1) is 13.2 Å². The third-order valence-corrected chi connectivity index (χ3v) is 4.03. The summed E-state index contributed by atoms with van der Waals surface area (Å²) in [4.78, 5) is 39.7. The van der Waals surface area contributed by atoms with E-state index in [1.54, 1.807) is 0 Å². The summed E-state index contributed by atoms with van der Waals surface area (Å²) in [7, 11) is 0. The molecule has 0 aromatic carbocycles. The predicted octanol–water partition coefficient (Wildman–Crippen LogP) is 1.31. The summed E-state index contributed by atoms with van der Waals surface area (Å²) >= 11 is 1.42. The molecule has 1 atom stereocenters. The molecular weight excluding hydrogens is 264 g/mol. The molecule has 1 unspecified atom stereocenters. The number of amides is 2. The van der Waals surface area contributed by atoms with Crippen LogP contribution in [0.15, 0.2) is 4.99 Å². The minimum Gasteiger partial charge on any atom is -0.298 e. The van der Waals surface area contributed by atoms with Crippen LogP contribution in [0.25, 0.3) is 0 Å². The molecule has 1 rings (SSSR count). The maximum atomic E-state index is 11.8. The van der Waals surface area contributed by atoms with E-state index in [1.807, 2.05) is 6.26 Å². The molecule has 0 saturated carbocycles. The first-order valence-corrected chi connectivity index (χ1v) is 7.64. The number of nitrogens with zero attached hydrogens (tertiary/aromatic N) is 2. The molecular formula is C13H20N2O3S. The highest BCUT2D eigenvalue weighted by atomic mass is 32.2. The molecule has 0 aromatic rings. The molecule has 0 bridgehead atoms. The molecule has 5 nitrogen and oxygen atoms in total. The second kappa shape index (κ2) is 8.09. The van der Waals surface area contributed by atoms with E-state index in [9.17, 15) is 14.4 Å². The Balaban J connectivity index is 2.17. The number of likely N-dealkylation sites (tertiary alicyclic amines) is 1. The highest BCUT2D eigenvalue weighted by Gasteiger charge is 2.37. The molecule has 1 saturated heterocycles. The number of carbonyl (C=O) groups excluding carboxylic acids is 3. The minimum absolute atomic E-state index is 0.0178. The average molecular weight is 285 g/mol. The topological polar surface area (TPSA) is 66.8 Å². The molecule has 1 fully saturated rings. The second-order valence-electron chi connectivity index (χ2n) is 4.50. The van der Waals surface area contributed by atoms with Gasteiger partial charge in [-0.2, -0.15) is 11.8 Å². The summed E-state index contributed by atoms with van der Waals surface area (Å²) in [6.45, 7) is 1.40. The Bertz CT molecular complexity index is 401. The van der Waals surface area contributed by atoms with Gasteiger partial charge >= 0.3 is 0 Å². The Morgan fingerprint density at radius 2 is 2.32 bits per heavy atom. The first kappa shape index (κ1) is 14.2. The number of Topliss-reactive ketones (excluding diaryl/α,β-unsaturated/α-hetero) is 1. The van der Waals surface area contributed by atoms with Crippen LogP contribution in [0.2, 0.25) is 0 Å². The molecule has 106 valence electrons. The minimum atomic E-state index is -0.216. The predicted molar refractivity (Wildman–Crippen MR) is 76.5 cm³/mol. The summed E-state index contributed by atoms with van der Waals surface area (Å²) in [5.41, 5.74) is 0. The van der Waals surface area contributed by atoms with Crippen LogP contribution in [0.4, 0.5) is 0 Å². The lowest BCUT2D eigenvalue weighted by atomic mass is 10.1. The Labute approximate surface area is 119 Å². The van der Waals surface area contributed by atoms with Crippen LogP contribution in [0.3, 0.4) is 0 Å². The normalized spacial score (nSPS) is 20.4. The van der Waals surface area contributed by atoms with Gasteiger partial charge in [-0.3, -0.25) is 24.3 Å². The molecule has 0 aliphatic carbocycles. The lowest BCUT2D eigenvalue weighted by Gasteiger charge is -2.14. The standard InChI is InChI=1S/C13H20N2O3S/c1-14-9-10(16)6-4-3-5-7-15-12(17)8-11(19-2)13(15)18/h11H,1,3-9H2,2H3/i1D. The molecule has 0 radical (unpaired) electrons. The maximum absolute atomic E-state index is 11.8. The van der Waals surface area contributed by atoms with Crippen molar-refractivity contribution in [2.75, 3.05) is 19.3 Å². The highest BCUT2D eigenvalue weighted by molar-refractivity contribution is 8.00. The number of hydrogen-bond acceptors (Lipinski definition) is 5. The molecule has 1 heterocycles. The largest absolute Gasteiger partial charge is 0.298 e. The summed E-state index contributed by atoms with van der Waals surface area (Å²) in [6, 6.07) is 0.